The highest BCUT2D eigenvalue weighted by Crippen LogP contribution is 2.35. The summed E-state index contributed by atoms with van der Waals surface area (Å²) in [6, 6.07) is 17.2. The van der Waals surface area contributed by atoms with Crippen LogP contribution in [0.15, 0.2) is 54.7 Å². The van der Waals surface area contributed by atoms with Gasteiger partial charge in [-0.15, -0.1) is 0 Å². The van der Waals surface area contributed by atoms with Gasteiger partial charge >= 0.3 is 0 Å². The van der Waals surface area contributed by atoms with Gasteiger partial charge in [-0.25, -0.2) is 4.98 Å². The highest BCUT2D eigenvalue weighted by Gasteiger charge is 2.24. The summed E-state index contributed by atoms with van der Waals surface area (Å²) in [5, 5.41) is 8.60. The van der Waals surface area contributed by atoms with Gasteiger partial charge < -0.3 is 9.30 Å². The van der Waals surface area contributed by atoms with E-state index in [-0.39, 0.29) is 0 Å². The summed E-state index contributed by atoms with van der Waals surface area (Å²) in [4.78, 5) is 9.93. The minimum atomic E-state index is 0.403. The van der Waals surface area contributed by atoms with Crippen LogP contribution in [0.2, 0.25) is 0 Å². The predicted octanol–water partition coefficient (Wildman–Crippen LogP) is 5.53. The van der Waals surface area contributed by atoms with Crippen LogP contribution in [0.5, 0.6) is 0 Å². The van der Waals surface area contributed by atoms with E-state index in [0.29, 0.717) is 5.92 Å². The van der Waals surface area contributed by atoms with Crippen LogP contribution in [-0.2, 0) is 11.3 Å². The van der Waals surface area contributed by atoms with E-state index in [1.165, 1.54) is 5.56 Å². The van der Waals surface area contributed by atoms with Gasteiger partial charge in [0, 0.05) is 42.3 Å². The van der Waals surface area contributed by atoms with Gasteiger partial charge in [-0.2, -0.15) is 5.10 Å². The zero-order valence-corrected chi connectivity index (χ0v) is 19.0. The molecule has 2 aromatic carbocycles. The summed E-state index contributed by atoms with van der Waals surface area (Å²) in [6.45, 7) is 6.49. The van der Waals surface area contributed by atoms with Crippen molar-refractivity contribution in [3.05, 3.63) is 77.5 Å². The normalized spacial score (nSPS) is 15.0. The number of aromatic nitrogens is 5. The number of aryl methyl sites for hydroxylation is 2. The lowest BCUT2D eigenvalue weighted by Crippen LogP contribution is -2.18. The molecule has 0 bridgehead atoms. The van der Waals surface area contributed by atoms with Crippen LogP contribution in [0.25, 0.3) is 33.1 Å². The zero-order chi connectivity index (χ0) is 22.4. The average Bonchev–Trinajstić information content (AvgIpc) is 3.39. The second kappa shape index (κ2) is 8.12. The summed E-state index contributed by atoms with van der Waals surface area (Å²) in [5.74, 6) is 1.55. The molecule has 6 nitrogen and oxygen atoms in total. The van der Waals surface area contributed by atoms with Gasteiger partial charge in [0.15, 0.2) is 0 Å². The maximum atomic E-state index is 5.63. The molecule has 1 aliphatic rings. The van der Waals surface area contributed by atoms with E-state index in [1.54, 1.807) is 0 Å². The van der Waals surface area contributed by atoms with Crippen molar-refractivity contribution < 1.29 is 4.74 Å². The van der Waals surface area contributed by atoms with E-state index in [9.17, 15) is 0 Å². The molecule has 0 unspecified atom stereocenters. The standard InChI is InChI=1S/C27H27N5O/c1-17-25(18(2)31-30-17)21-8-9-22-23(14-21)28-15-24-26(22)32(16-19-6-4-3-5-7-19)27(29-24)20-10-12-33-13-11-20/h3-9,14-15,20H,10-13,16H2,1-2H3,(H,30,31). The lowest BCUT2D eigenvalue weighted by atomic mass is 9.99. The molecule has 1 N–H and O–H groups in total. The van der Waals surface area contributed by atoms with E-state index in [2.05, 4.69) is 70.2 Å². The molecular formula is C27H27N5O. The van der Waals surface area contributed by atoms with Crippen LogP contribution < -0.4 is 0 Å². The van der Waals surface area contributed by atoms with Crippen molar-refractivity contribution in [1.29, 1.82) is 0 Å². The second-order valence-electron chi connectivity index (χ2n) is 8.96. The molecule has 33 heavy (non-hydrogen) atoms. The Morgan fingerprint density at radius 3 is 2.61 bits per heavy atom. The third-order valence-corrected chi connectivity index (χ3v) is 6.79. The highest BCUT2D eigenvalue weighted by molar-refractivity contribution is 6.03. The molecule has 4 heterocycles. The molecule has 0 atom stereocenters. The molecule has 0 aliphatic carbocycles. The molecule has 3 aromatic heterocycles. The van der Waals surface area contributed by atoms with Crippen LogP contribution in [0, 0.1) is 13.8 Å². The SMILES string of the molecule is Cc1n[nH]c(C)c1-c1ccc2c(c1)ncc1nc(C3CCOCC3)n(Cc3ccccc3)c12. The summed E-state index contributed by atoms with van der Waals surface area (Å²) >= 11 is 0. The quantitative estimate of drug-likeness (QED) is 0.401. The van der Waals surface area contributed by atoms with Gasteiger partial charge in [-0.1, -0.05) is 42.5 Å². The first-order chi connectivity index (χ1) is 16.2. The smallest absolute Gasteiger partial charge is 0.113 e. The number of fused-ring (bicyclic) bond motifs is 3. The number of rotatable bonds is 4. The molecule has 1 saturated heterocycles. The fourth-order valence-corrected chi connectivity index (χ4v) is 5.16. The Kier molecular flexibility index (Phi) is 4.95. The van der Waals surface area contributed by atoms with E-state index in [1.807, 2.05) is 13.1 Å². The maximum absolute atomic E-state index is 5.63. The molecule has 1 fully saturated rings. The molecule has 6 heteroatoms. The van der Waals surface area contributed by atoms with Gasteiger partial charge in [0.25, 0.3) is 0 Å². The summed E-state index contributed by atoms with van der Waals surface area (Å²) in [5.41, 5.74) is 8.74. The topological polar surface area (TPSA) is 68.6 Å². The van der Waals surface area contributed by atoms with Gasteiger partial charge in [-0.05, 0) is 43.9 Å². The highest BCUT2D eigenvalue weighted by atomic mass is 16.5. The van der Waals surface area contributed by atoms with Gasteiger partial charge in [0.05, 0.1) is 22.9 Å². The molecule has 166 valence electrons. The van der Waals surface area contributed by atoms with Gasteiger partial charge in [0.1, 0.15) is 11.3 Å². The van der Waals surface area contributed by atoms with E-state index in [4.69, 9.17) is 14.7 Å². The third kappa shape index (κ3) is 3.51. The molecule has 0 radical (unpaired) electrons. The molecule has 6 rings (SSSR count). The number of ether oxygens (including phenoxy) is 1. The molecule has 0 spiro atoms. The number of hydrogen-bond donors (Lipinski definition) is 1. The Morgan fingerprint density at radius 1 is 1.03 bits per heavy atom. The number of pyridine rings is 1. The van der Waals surface area contributed by atoms with E-state index >= 15 is 0 Å². The first-order valence-corrected chi connectivity index (χ1v) is 11.6. The number of benzene rings is 2. The zero-order valence-electron chi connectivity index (χ0n) is 19.0. The Balaban J connectivity index is 1.55. The van der Waals surface area contributed by atoms with Crippen molar-refractivity contribution in [1.82, 2.24) is 24.7 Å². The van der Waals surface area contributed by atoms with Crippen molar-refractivity contribution >= 4 is 21.9 Å². The van der Waals surface area contributed by atoms with Crippen LogP contribution >= 0.6 is 0 Å². The van der Waals surface area contributed by atoms with Gasteiger partial charge in [-0.3, -0.25) is 10.1 Å². The number of imidazole rings is 1. The lowest BCUT2D eigenvalue weighted by Gasteiger charge is -2.23. The fourth-order valence-electron chi connectivity index (χ4n) is 5.16. The maximum Gasteiger partial charge on any atom is 0.113 e. The minimum absolute atomic E-state index is 0.403. The van der Waals surface area contributed by atoms with E-state index in [0.717, 1.165) is 82.9 Å². The number of nitrogens with zero attached hydrogens (tertiary/aromatic N) is 4. The molecule has 0 amide bonds. The minimum Gasteiger partial charge on any atom is -0.381 e. The van der Waals surface area contributed by atoms with Crippen LogP contribution in [0.4, 0.5) is 0 Å². The number of hydrogen-bond acceptors (Lipinski definition) is 4. The Bertz CT molecular complexity index is 1420. The molecule has 5 aromatic rings. The largest absolute Gasteiger partial charge is 0.381 e. The number of aromatic amines is 1. The Morgan fingerprint density at radius 2 is 1.85 bits per heavy atom. The summed E-state index contributed by atoms with van der Waals surface area (Å²) < 4.78 is 8.05. The van der Waals surface area contributed by atoms with Crippen molar-refractivity contribution in [2.45, 2.75) is 39.2 Å². The number of H-pyrrole nitrogens is 1. The third-order valence-electron chi connectivity index (χ3n) is 6.79. The lowest BCUT2D eigenvalue weighted by molar-refractivity contribution is 0.0830. The average molecular weight is 438 g/mol. The van der Waals surface area contributed by atoms with Gasteiger partial charge in [0.2, 0.25) is 0 Å². The first-order valence-electron chi connectivity index (χ1n) is 11.6. The summed E-state index contributed by atoms with van der Waals surface area (Å²) in [7, 11) is 0. The molecule has 1 aliphatic heterocycles. The predicted molar refractivity (Wildman–Crippen MR) is 130 cm³/mol. The fraction of sp³-hybridized carbons (Fsp3) is 0.296. The van der Waals surface area contributed by atoms with Crippen LogP contribution in [-0.4, -0.2) is 37.9 Å². The van der Waals surface area contributed by atoms with Crippen LogP contribution in [0.3, 0.4) is 0 Å². The van der Waals surface area contributed by atoms with Crippen molar-refractivity contribution in [3.63, 3.8) is 0 Å². The Labute approximate surface area is 192 Å². The summed E-state index contributed by atoms with van der Waals surface area (Å²) in [6.07, 6.45) is 3.94. The monoisotopic (exact) mass is 437 g/mol. The number of nitrogens with one attached hydrogen (secondary N) is 1. The molecular weight excluding hydrogens is 410 g/mol. The Hall–Kier alpha value is -3.51. The van der Waals surface area contributed by atoms with Crippen LogP contribution in [0.1, 0.15) is 41.5 Å². The molecule has 0 saturated carbocycles. The first kappa shape index (κ1) is 20.1. The van der Waals surface area contributed by atoms with E-state index < -0.39 is 0 Å². The van der Waals surface area contributed by atoms with Crippen molar-refractivity contribution in [3.8, 4) is 11.1 Å². The van der Waals surface area contributed by atoms with Crippen molar-refractivity contribution in [2.24, 2.45) is 0 Å². The second-order valence-corrected chi connectivity index (χ2v) is 8.96. The van der Waals surface area contributed by atoms with Crippen molar-refractivity contribution in [2.75, 3.05) is 13.2 Å².